The topological polar surface area (TPSA) is 39.1 Å². The monoisotopic (exact) mass is 261 g/mol. The normalized spacial score (nSPS) is 27.4. The molecule has 3 rings (SSSR count). The summed E-state index contributed by atoms with van der Waals surface area (Å²) in [5.41, 5.74) is -0.255. The first-order valence-electron chi connectivity index (χ1n) is 8.09. The van der Waals surface area contributed by atoms with Gasteiger partial charge in [-0.3, -0.25) is 5.32 Å². The van der Waals surface area contributed by atoms with Gasteiger partial charge >= 0.3 is 0 Å². The smallest absolute Gasteiger partial charge is 0.122 e. The van der Waals surface area contributed by atoms with Crippen molar-refractivity contribution in [2.45, 2.75) is 62.9 Å². The van der Waals surface area contributed by atoms with Crippen LogP contribution in [0.25, 0.3) is 0 Å². The van der Waals surface area contributed by atoms with Crippen LogP contribution in [-0.2, 0) is 0 Å². The molecule has 0 saturated heterocycles. The first kappa shape index (κ1) is 13.4. The molecular formula is C16H27N3. The SMILES string of the molecule is CN(CC1CCCC1)CC(C#N)(NC1CC1)C1CC1. The molecule has 1 N–H and O–H groups in total. The third kappa shape index (κ3) is 3.30. The Morgan fingerprint density at radius 3 is 2.37 bits per heavy atom. The van der Waals surface area contributed by atoms with Crippen molar-refractivity contribution in [1.82, 2.24) is 10.2 Å². The average molecular weight is 261 g/mol. The zero-order chi connectivity index (χ0) is 13.3. The van der Waals surface area contributed by atoms with Gasteiger partial charge in [-0.05, 0) is 57.4 Å². The molecule has 0 aliphatic heterocycles. The highest BCUT2D eigenvalue weighted by molar-refractivity contribution is 5.18. The Balaban J connectivity index is 1.57. The molecule has 0 aromatic heterocycles. The highest BCUT2D eigenvalue weighted by Crippen LogP contribution is 2.42. The predicted octanol–water partition coefficient (Wildman–Crippen LogP) is 2.53. The van der Waals surface area contributed by atoms with Crippen LogP contribution in [-0.4, -0.2) is 36.6 Å². The highest BCUT2D eigenvalue weighted by atomic mass is 15.2. The minimum atomic E-state index is -0.255. The fourth-order valence-electron chi connectivity index (χ4n) is 3.74. The van der Waals surface area contributed by atoms with E-state index in [-0.39, 0.29) is 5.54 Å². The molecule has 3 nitrogen and oxygen atoms in total. The molecule has 3 heteroatoms. The number of hydrogen-bond donors (Lipinski definition) is 1. The fourth-order valence-corrected chi connectivity index (χ4v) is 3.74. The zero-order valence-electron chi connectivity index (χ0n) is 12.2. The van der Waals surface area contributed by atoms with Crippen molar-refractivity contribution < 1.29 is 0 Å². The lowest BCUT2D eigenvalue weighted by Crippen LogP contribution is -2.55. The van der Waals surface area contributed by atoms with E-state index < -0.39 is 0 Å². The van der Waals surface area contributed by atoms with Crippen LogP contribution in [0.4, 0.5) is 0 Å². The average Bonchev–Trinajstić information content (AvgIpc) is 3.30. The Labute approximate surface area is 117 Å². The standard InChI is InChI=1S/C16H27N3/c1-19(10-13-4-2-3-5-13)12-16(11-17,14-6-7-14)18-15-8-9-15/h13-15,18H,2-10,12H2,1H3. The second-order valence-electron chi connectivity index (χ2n) is 7.12. The van der Waals surface area contributed by atoms with Gasteiger partial charge in [0.05, 0.1) is 6.07 Å². The van der Waals surface area contributed by atoms with Crippen molar-refractivity contribution in [2.24, 2.45) is 11.8 Å². The van der Waals surface area contributed by atoms with Gasteiger partial charge in [-0.1, -0.05) is 12.8 Å². The Hall–Kier alpha value is -0.590. The number of nitrogens with one attached hydrogen (secondary N) is 1. The van der Waals surface area contributed by atoms with Crippen LogP contribution in [0, 0.1) is 23.2 Å². The molecule has 3 aliphatic rings. The van der Waals surface area contributed by atoms with Gasteiger partial charge in [-0.15, -0.1) is 0 Å². The third-order valence-corrected chi connectivity index (χ3v) is 5.08. The summed E-state index contributed by atoms with van der Waals surface area (Å²) < 4.78 is 0. The lowest BCUT2D eigenvalue weighted by molar-refractivity contribution is 0.202. The molecule has 19 heavy (non-hydrogen) atoms. The van der Waals surface area contributed by atoms with Crippen LogP contribution in [0.3, 0.4) is 0 Å². The van der Waals surface area contributed by atoms with Crippen molar-refractivity contribution in [3.63, 3.8) is 0 Å². The Morgan fingerprint density at radius 2 is 1.84 bits per heavy atom. The maximum Gasteiger partial charge on any atom is 0.122 e. The molecule has 0 aromatic carbocycles. The number of nitriles is 1. The maximum absolute atomic E-state index is 9.73. The molecular weight excluding hydrogens is 234 g/mol. The minimum absolute atomic E-state index is 0.255. The Bertz CT molecular complexity index is 347. The van der Waals surface area contributed by atoms with Gasteiger partial charge < -0.3 is 4.90 Å². The van der Waals surface area contributed by atoms with E-state index >= 15 is 0 Å². The summed E-state index contributed by atoms with van der Waals surface area (Å²) in [5, 5.41) is 13.4. The molecule has 3 fully saturated rings. The second kappa shape index (κ2) is 5.42. The lowest BCUT2D eigenvalue weighted by atomic mass is 9.93. The molecule has 1 unspecified atom stereocenters. The van der Waals surface area contributed by atoms with Gasteiger partial charge in [0.25, 0.3) is 0 Å². The summed E-state index contributed by atoms with van der Waals surface area (Å²) in [5.74, 6) is 1.48. The predicted molar refractivity (Wildman–Crippen MR) is 76.7 cm³/mol. The van der Waals surface area contributed by atoms with E-state index in [1.165, 1.54) is 57.9 Å². The summed E-state index contributed by atoms with van der Waals surface area (Å²) in [4.78, 5) is 2.42. The van der Waals surface area contributed by atoms with Gasteiger partial charge in [0.1, 0.15) is 5.54 Å². The molecule has 1 atom stereocenters. The van der Waals surface area contributed by atoms with E-state index in [0.29, 0.717) is 12.0 Å². The van der Waals surface area contributed by atoms with Gasteiger partial charge in [0.2, 0.25) is 0 Å². The van der Waals surface area contributed by atoms with E-state index in [1.807, 2.05) is 0 Å². The quantitative estimate of drug-likeness (QED) is 0.765. The maximum atomic E-state index is 9.73. The molecule has 0 bridgehead atoms. The molecule has 0 radical (unpaired) electrons. The summed E-state index contributed by atoms with van der Waals surface area (Å²) in [6, 6.07) is 3.28. The molecule has 0 spiro atoms. The second-order valence-corrected chi connectivity index (χ2v) is 7.12. The molecule has 0 aromatic rings. The fraction of sp³-hybridized carbons (Fsp3) is 0.938. The first-order chi connectivity index (χ1) is 9.22. The molecule has 0 amide bonds. The van der Waals surface area contributed by atoms with Crippen molar-refractivity contribution in [1.29, 1.82) is 5.26 Å². The third-order valence-electron chi connectivity index (χ3n) is 5.08. The minimum Gasteiger partial charge on any atom is -0.303 e. The lowest BCUT2D eigenvalue weighted by Gasteiger charge is -2.33. The van der Waals surface area contributed by atoms with Crippen molar-refractivity contribution >= 4 is 0 Å². The van der Waals surface area contributed by atoms with E-state index in [4.69, 9.17) is 0 Å². The Morgan fingerprint density at radius 1 is 1.16 bits per heavy atom. The highest BCUT2D eigenvalue weighted by Gasteiger charge is 2.48. The summed E-state index contributed by atoms with van der Waals surface area (Å²) in [6.45, 7) is 2.10. The molecule has 0 heterocycles. The van der Waals surface area contributed by atoms with E-state index in [2.05, 4.69) is 23.3 Å². The van der Waals surface area contributed by atoms with Crippen LogP contribution < -0.4 is 5.32 Å². The number of hydrogen-bond acceptors (Lipinski definition) is 3. The first-order valence-corrected chi connectivity index (χ1v) is 8.09. The van der Waals surface area contributed by atoms with Crippen LogP contribution in [0.1, 0.15) is 51.4 Å². The summed E-state index contributed by atoms with van der Waals surface area (Å²) in [7, 11) is 2.21. The van der Waals surface area contributed by atoms with E-state index in [1.54, 1.807) is 0 Å². The van der Waals surface area contributed by atoms with Crippen molar-refractivity contribution in [3.05, 3.63) is 0 Å². The largest absolute Gasteiger partial charge is 0.303 e. The van der Waals surface area contributed by atoms with Crippen LogP contribution >= 0.6 is 0 Å². The molecule has 106 valence electrons. The molecule has 3 saturated carbocycles. The van der Waals surface area contributed by atoms with E-state index in [0.717, 1.165) is 12.5 Å². The van der Waals surface area contributed by atoms with Crippen LogP contribution in [0.15, 0.2) is 0 Å². The van der Waals surface area contributed by atoms with Gasteiger partial charge in [-0.2, -0.15) is 5.26 Å². The summed E-state index contributed by atoms with van der Waals surface area (Å²) in [6.07, 6.45) is 10.6. The van der Waals surface area contributed by atoms with Crippen molar-refractivity contribution in [3.8, 4) is 6.07 Å². The van der Waals surface area contributed by atoms with Gasteiger partial charge in [0, 0.05) is 19.1 Å². The van der Waals surface area contributed by atoms with Gasteiger partial charge in [0.15, 0.2) is 0 Å². The number of likely N-dealkylation sites (N-methyl/N-ethyl adjacent to an activating group) is 1. The summed E-state index contributed by atoms with van der Waals surface area (Å²) >= 11 is 0. The van der Waals surface area contributed by atoms with E-state index in [9.17, 15) is 5.26 Å². The number of rotatable bonds is 7. The molecule has 3 aliphatic carbocycles. The number of nitrogens with zero attached hydrogens (tertiary/aromatic N) is 2. The van der Waals surface area contributed by atoms with Crippen LogP contribution in [0.5, 0.6) is 0 Å². The van der Waals surface area contributed by atoms with Crippen molar-refractivity contribution in [2.75, 3.05) is 20.1 Å². The van der Waals surface area contributed by atoms with Gasteiger partial charge in [-0.25, -0.2) is 0 Å². The van der Waals surface area contributed by atoms with Crippen LogP contribution in [0.2, 0.25) is 0 Å². The zero-order valence-corrected chi connectivity index (χ0v) is 12.2. The Kier molecular flexibility index (Phi) is 3.82.